The first-order valence-corrected chi connectivity index (χ1v) is 11.0. The molecule has 0 aromatic heterocycles. The lowest BCUT2D eigenvalue weighted by Crippen LogP contribution is -2.36. The van der Waals surface area contributed by atoms with E-state index >= 15 is 0 Å². The van der Waals surface area contributed by atoms with E-state index in [9.17, 15) is 14.7 Å². The number of amides is 1. The second-order valence-electron chi connectivity index (χ2n) is 7.73. The molecule has 0 aliphatic rings. The average Bonchev–Trinajstić information content (AvgIpc) is 2.89. The molecule has 0 aliphatic heterocycles. The minimum atomic E-state index is -1.17. The summed E-state index contributed by atoms with van der Waals surface area (Å²) >= 11 is 0. The van der Waals surface area contributed by atoms with Crippen molar-refractivity contribution in [1.29, 1.82) is 0 Å². The molecule has 1 amide bonds. The molecule has 35 heavy (non-hydrogen) atoms. The third-order valence-corrected chi connectivity index (χ3v) is 5.64. The number of nitrogens with zero attached hydrogens (tertiary/aromatic N) is 1. The second kappa shape index (κ2) is 11.8. The minimum Gasteiger partial charge on any atom is -0.493 e. The first-order valence-electron chi connectivity index (χ1n) is 11.0. The lowest BCUT2D eigenvalue weighted by atomic mass is 10.1. The maximum Gasteiger partial charge on any atom is 0.339 e. The van der Waals surface area contributed by atoms with Crippen molar-refractivity contribution in [3.05, 3.63) is 83.4 Å². The van der Waals surface area contributed by atoms with Gasteiger partial charge >= 0.3 is 5.97 Å². The molecule has 0 unspecified atom stereocenters. The first kappa shape index (κ1) is 25.4. The van der Waals surface area contributed by atoms with E-state index < -0.39 is 5.97 Å². The normalized spacial score (nSPS) is 11.3. The Morgan fingerprint density at radius 2 is 1.54 bits per heavy atom. The van der Waals surface area contributed by atoms with Crippen LogP contribution in [0.4, 0.5) is 0 Å². The van der Waals surface area contributed by atoms with Crippen LogP contribution in [0.3, 0.4) is 0 Å². The molecule has 3 aromatic rings. The van der Waals surface area contributed by atoms with Crippen molar-refractivity contribution in [2.45, 2.75) is 19.5 Å². The zero-order valence-corrected chi connectivity index (χ0v) is 20.2. The SMILES string of the molecule is COc1ccc(CN(C(=O)COc2c(OC)cccc2C(=O)O)[C@@H](C)c2ccccc2)cc1OC. The van der Waals surface area contributed by atoms with E-state index in [4.69, 9.17) is 18.9 Å². The Bertz CT molecular complexity index is 1160. The zero-order valence-electron chi connectivity index (χ0n) is 20.2. The van der Waals surface area contributed by atoms with Crippen LogP contribution < -0.4 is 18.9 Å². The monoisotopic (exact) mass is 479 g/mol. The van der Waals surface area contributed by atoms with E-state index in [1.165, 1.54) is 13.2 Å². The average molecular weight is 480 g/mol. The summed E-state index contributed by atoms with van der Waals surface area (Å²) in [6.07, 6.45) is 0. The Kier molecular flexibility index (Phi) is 8.56. The van der Waals surface area contributed by atoms with Gasteiger partial charge in [0, 0.05) is 6.54 Å². The number of carboxylic acids is 1. The van der Waals surface area contributed by atoms with Crippen molar-refractivity contribution in [3.8, 4) is 23.0 Å². The fourth-order valence-corrected chi connectivity index (χ4v) is 3.74. The van der Waals surface area contributed by atoms with Crippen LogP contribution >= 0.6 is 0 Å². The predicted octanol–water partition coefficient (Wildman–Crippen LogP) is 4.58. The summed E-state index contributed by atoms with van der Waals surface area (Å²) in [6.45, 7) is 1.83. The fraction of sp³-hybridized carbons (Fsp3) is 0.259. The van der Waals surface area contributed by atoms with E-state index in [1.54, 1.807) is 37.3 Å². The summed E-state index contributed by atoms with van der Waals surface area (Å²) in [6, 6.07) is 19.4. The number of ether oxygens (including phenoxy) is 4. The van der Waals surface area contributed by atoms with Crippen LogP contribution in [0.25, 0.3) is 0 Å². The van der Waals surface area contributed by atoms with Gasteiger partial charge in [0.25, 0.3) is 5.91 Å². The second-order valence-corrected chi connectivity index (χ2v) is 7.73. The molecule has 184 valence electrons. The van der Waals surface area contributed by atoms with Crippen molar-refractivity contribution in [2.24, 2.45) is 0 Å². The van der Waals surface area contributed by atoms with E-state index in [0.29, 0.717) is 11.5 Å². The van der Waals surface area contributed by atoms with E-state index in [1.807, 2.05) is 49.4 Å². The van der Waals surface area contributed by atoms with Crippen LogP contribution in [-0.4, -0.2) is 49.8 Å². The Balaban J connectivity index is 1.90. The Morgan fingerprint density at radius 3 is 2.17 bits per heavy atom. The zero-order chi connectivity index (χ0) is 25.4. The highest BCUT2D eigenvalue weighted by Gasteiger charge is 2.25. The van der Waals surface area contributed by atoms with Gasteiger partial charge < -0.3 is 29.0 Å². The molecule has 0 saturated carbocycles. The van der Waals surface area contributed by atoms with Gasteiger partial charge in [0.05, 0.1) is 27.4 Å². The summed E-state index contributed by atoms with van der Waals surface area (Å²) in [5.74, 6) is -0.105. The van der Waals surface area contributed by atoms with Crippen LogP contribution in [0.5, 0.6) is 23.0 Å². The summed E-state index contributed by atoms with van der Waals surface area (Å²) in [5, 5.41) is 9.53. The predicted molar refractivity (Wildman–Crippen MR) is 130 cm³/mol. The third-order valence-electron chi connectivity index (χ3n) is 5.64. The number of hydrogen-bond donors (Lipinski definition) is 1. The Labute approximate surface area is 204 Å². The standard InChI is InChI=1S/C27H29NO7/c1-18(20-9-6-5-7-10-20)28(16-19-13-14-22(32-2)24(15-19)34-4)25(29)17-35-26-21(27(30)31)11-8-12-23(26)33-3/h5-15,18H,16-17H2,1-4H3,(H,30,31)/t18-/m0/s1. The molecule has 1 N–H and O–H groups in total. The van der Waals surface area contributed by atoms with Crippen molar-refractivity contribution in [3.63, 3.8) is 0 Å². The number of methoxy groups -OCH3 is 3. The summed E-state index contributed by atoms with van der Waals surface area (Å²) < 4.78 is 21.7. The molecule has 8 nitrogen and oxygen atoms in total. The molecule has 0 aliphatic carbocycles. The highest BCUT2D eigenvalue weighted by atomic mass is 16.5. The van der Waals surface area contributed by atoms with Crippen LogP contribution in [0.1, 0.15) is 34.5 Å². The molecule has 3 aromatic carbocycles. The summed E-state index contributed by atoms with van der Waals surface area (Å²) in [5.41, 5.74) is 1.70. The summed E-state index contributed by atoms with van der Waals surface area (Å²) in [4.78, 5) is 26.8. The third kappa shape index (κ3) is 6.03. The molecular weight excluding hydrogens is 450 g/mol. The van der Waals surface area contributed by atoms with Crippen molar-refractivity contribution in [1.82, 2.24) is 4.90 Å². The minimum absolute atomic E-state index is 0.00859. The molecule has 3 rings (SSSR count). The van der Waals surface area contributed by atoms with Crippen LogP contribution in [0, 0.1) is 0 Å². The Hall–Kier alpha value is -4.20. The number of hydrogen-bond acceptors (Lipinski definition) is 6. The van der Waals surface area contributed by atoms with Crippen molar-refractivity contribution < 1.29 is 33.6 Å². The van der Waals surface area contributed by atoms with Crippen LogP contribution in [-0.2, 0) is 11.3 Å². The van der Waals surface area contributed by atoms with Gasteiger partial charge in [-0.05, 0) is 42.3 Å². The largest absolute Gasteiger partial charge is 0.493 e. The van der Waals surface area contributed by atoms with Gasteiger partial charge in [0.15, 0.2) is 29.6 Å². The van der Waals surface area contributed by atoms with Gasteiger partial charge in [-0.1, -0.05) is 42.5 Å². The topological polar surface area (TPSA) is 94.5 Å². The molecular formula is C27H29NO7. The molecule has 0 fully saturated rings. The molecule has 0 radical (unpaired) electrons. The molecule has 1 atom stereocenters. The number of carboxylic acid groups (broad SMARTS) is 1. The van der Waals surface area contributed by atoms with Gasteiger partial charge in [-0.3, -0.25) is 4.79 Å². The van der Waals surface area contributed by atoms with Crippen LogP contribution in [0.2, 0.25) is 0 Å². The van der Waals surface area contributed by atoms with Crippen molar-refractivity contribution >= 4 is 11.9 Å². The number of carbonyl (C=O) groups is 2. The maximum atomic E-state index is 13.5. The van der Waals surface area contributed by atoms with Gasteiger partial charge in [-0.15, -0.1) is 0 Å². The lowest BCUT2D eigenvalue weighted by molar-refractivity contribution is -0.136. The van der Waals surface area contributed by atoms with Gasteiger partial charge in [0.1, 0.15) is 5.56 Å². The number of carbonyl (C=O) groups excluding carboxylic acids is 1. The van der Waals surface area contributed by atoms with E-state index in [0.717, 1.165) is 11.1 Å². The smallest absolute Gasteiger partial charge is 0.339 e. The number of para-hydroxylation sites is 1. The van der Waals surface area contributed by atoms with Gasteiger partial charge in [-0.25, -0.2) is 4.79 Å². The first-order chi connectivity index (χ1) is 16.9. The number of aromatic carboxylic acids is 1. The molecule has 0 saturated heterocycles. The number of rotatable bonds is 11. The number of benzene rings is 3. The van der Waals surface area contributed by atoms with Crippen LogP contribution in [0.15, 0.2) is 66.7 Å². The molecule has 8 heteroatoms. The fourth-order valence-electron chi connectivity index (χ4n) is 3.74. The quantitative estimate of drug-likeness (QED) is 0.430. The molecule has 0 spiro atoms. The van der Waals surface area contributed by atoms with E-state index in [2.05, 4.69) is 0 Å². The lowest BCUT2D eigenvalue weighted by Gasteiger charge is -2.30. The highest BCUT2D eigenvalue weighted by molar-refractivity contribution is 5.92. The Morgan fingerprint density at radius 1 is 0.857 bits per heavy atom. The molecule has 0 heterocycles. The van der Waals surface area contributed by atoms with Gasteiger partial charge in [0.2, 0.25) is 0 Å². The van der Waals surface area contributed by atoms with Gasteiger partial charge in [-0.2, -0.15) is 0 Å². The molecule has 0 bridgehead atoms. The van der Waals surface area contributed by atoms with E-state index in [-0.39, 0.29) is 42.2 Å². The van der Waals surface area contributed by atoms with Crippen molar-refractivity contribution in [2.75, 3.05) is 27.9 Å². The highest BCUT2D eigenvalue weighted by Crippen LogP contribution is 2.32. The maximum absolute atomic E-state index is 13.5. The summed E-state index contributed by atoms with van der Waals surface area (Å²) in [7, 11) is 4.53.